The summed E-state index contributed by atoms with van der Waals surface area (Å²) >= 11 is 6.15. The van der Waals surface area contributed by atoms with E-state index < -0.39 is 4.92 Å². The highest BCUT2D eigenvalue weighted by Crippen LogP contribution is 2.34. The smallest absolute Gasteiger partial charge is 0.270 e. The van der Waals surface area contributed by atoms with Crippen molar-refractivity contribution in [3.8, 4) is 5.75 Å². The average molecular weight is 365 g/mol. The van der Waals surface area contributed by atoms with E-state index in [2.05, 4.69) is 4.90 Å². The highest BCUT2D eigenvalue weighted by atomic mass is 35.5. The maximum Gasteiger partial charge on any atom is 0.270 e. The second-order valence-corrected chi connectivity index (χ2v) is 6.50. The molecule has 0 saturated heterocycles. The van der Waals surface area contributed by atoms with E-state index in [-0.39, 0.29) is 11.5 Å². The van der Waals surface area contributed by atoms with Crippen LogP contribution in [0, 0.1) is 15.9 Å². The van der Waals surface area contributed by atoms with Crippen LogP contribution in [0.3, 0.4) is 0 Å². The van der Waals surface area contributed by atoms with Gasteiger partial charge in [0.1, 0.15) is 11.6 Å². The molecule has 3 rings (SSSR count). The SMILES string of the molecule is COc1ccc([N+](=O)[O-])cc1CN(Cc1c(F)cccc1Cl)C1CC1. The van der Waals surface area contributed by atoms with E-state index in [1.165, 1.54) is 25.3 Å². The number of nitrogens with zero attached hydrogens (tertiary/aromatic N) is 2. The molecule has 1 saturated carbocycles. The fourth-order valence-corrected chi connectivity index (χ4v) is 3.08. The molecule has 2 aromatic rings. The summed E-state index contributed by atoms with van der Waals surface area (Å²) in [6.07, 6.45) is 2.03. The molecule has 132 valence electrons. The quantitative estimate of drug-likeness (QED) is 0.533. The molecule has 1 aliphatic carbocycles. The lowest BCUT2D eigenvalue weighted by molar-refractivity contribution is -0.385. The Morgan fingerprint density at radius 2 is 2.08 bits per heavy atom. The Morgan fingerprint density at radius 3 is 2.68 bits per heavy atom. The number of nitro benzene ring substituents is 1. The molecule has 0 atom stereocenters. The van der Waals surface area contributed by atoms with Crippen LogP contribution in [0.15, 0.2) is 36.4 Å². The van der Waals surface area contributed by atoms with Crippen molar-refractivity contribution in [2.24, 2.45) is 0 Å². The molecule has 1 aliphatic rings. The molecule has 0 aliphatic heterocycles. The van der Waals surface area contributed by atoms with Crippen LogP contribution in [0.4, 0.5) is 10.1 Å². The fraction of sp³-hybridized carbons (Fsp3) is 0.333. The van der Waals surface area contributed by atoms with Crippen molar-refractivity contribution >= 4 is 17.3 Å². The second-order valence-electron chi connectivity index (χ2n) is 6.09. The number of hydrogen-bond acceptors (Lipinski definition) is 4. The first-order valence-electron chi connectivity index (χ1n) is 7.98. The maximum atomic E-state index is 14.1. The Morgan fingerprint density at radius 1 is 1.32 bits per heavy atom. The van der Waals surface area contributed by atoms with Gasteiger partial charge in [0.15, 0.2) is 0 Å². The topological polar surface area (TPSA) is 55.6 Å². The number of non-ortho nitro benzene ring substituents is 1. The summed E-state index contributed by atoms with van der Waals surface area (Å²) in [4.78, 5) is 12.7. The molecule has 0 N–H and O–H groups in total. The van der Waals surface area contributed by atoms with Gasteiger partial charge >= 0.3 is 0 Å². The van der Waals surface area contributed by atoms with Crippen molar-refractivity contribution < 1.29 is 14.1 Å². The van der Waals surface area contributed by atoms with Crippen molar-refractivity contribution in [1.82, 2.24) is 4.90 Å². The van der Waals surface area contributed by atoms with Gasteiger partial charge in [0.2, 0.25) is 0 Å². The standard InChI is InChI=1S/C18H18ClFN2O3/c1-25-18-8-7-14(22(23)24)9-12(18)10-21(13-5-6-13)11-15-16(19)3-2-4-17(15)20/h2-4,7-9,13H,5-6,10-11H2,1H3. The number of rotatable bonds is 7. The summed E-state index contributed by atoms with van der Waals surface area (Å²) < 4.78 is 19.5. The monoisotopic (exact) mass is 364 g/mol. The lowest BCUT2D eigenvalue weighted by Crippen LogP contribution is -2.26. The molecule has 0 radical (unpaired) electrons. The van der Waals surface area contributed by atoms with Gasteiger partial charge in [0.05, 0.1) is 12.0 Å². The van der Waals surface area contributed by atoms with Gasteiger partial charge in [-0.15, -0.1) is 0 Å². The van der Waals surface area contributed by atoms with Gasteiger partial charge in [0, 0.05) is 47.4 Å². The minimum absolute atomic E-state index is 0.00970. The third kappa shape index (κ3) is 4.08. The third-order valence-electron chi connectivity index (χ3n) is 4.33. The fourth-order valence-electron chi connectivity index (χ4n) is 2.86. The molecular weight excluding hydrogens is 347 g/mol. The molecule has 5 nitrogen and oxygen atoms in total. The first kappa shape index (κ1) is 17.6. The van der Waals surface area contributed by atoms with Gasteiger partial charge in [-0.25, -0.2) is 4.39 Å². The Hall–Kier alpha value is -2.18. The average Bonchev–Trinajstić information content (AvgIpc) is 3.42. The highest BCUT2D eigenvalue weighted by Gasteiger charge is 2.31. The van der Waals surface area contributed by atoms with Crippen LogP contribution in [-0.2, 0) is 13.1 Å². The number of ether oxygens (including phenoxy) is 1. The predicted octanol–water partition coefficient (Wildman–Crippen LogP) is 4.56. The molecule has 7 heteroatoms. The number of nitro groups is 1. The molecule has 2 aromatic carbocycles. The van der Waals surface area contributed by atoms with E-state index >= 15 is 0 Å². The molecule has 0 heterocycles. The predicted molar refractivity (Wildman–Crippen MR) is 93.3 cm³/mol. The summed E-state index contributed by atoms with van der Waals surface area (Å²) in [5, 5.41) is 11.4. The van der Waals surface area contributed by atoms with Gasteiger partial charge in [-0.05, 0) is 31.0 Å². The number of hydrogen-bond donors (Lipinski definition) is 0. The van der Waals surface area contributed by atoms with Gasteiger partial charge in [-0.1, -0.05) is 17.7 Å². The van der Waals surface area contributed by atoms with Crippen molar-refractivity contribution in [1.29, 1.82) is 0 Å². The zero-order chi connectivity index (χ0) is 18.0. The van der Waals surface area contributed by atoms with Gasteiger partial charge in [-0.3, -0.25) is 15.0 Å². The van der Waals surface area contributed by atoms with Crippen LogP contribution < -0.4 is 4.74 Å². The Labute approximate surface area is 150 Å². The number of benzene rings is 2. The van der Waals surface area contributed by atoms with Crippen LogP contribution in [0.25, 0.3) is 0 Å². The lowest BCUT2D eigenvalue weighted by Gasteiger charge is -2.24. The largest absolute Gasteiger partial charge is 0.496 e. The van der Waals surface area contributed by atoms with Crippen molar-refractivity contribution in [2.75, 3.05) is 7.11 Å². The summed E-state index contributed by atoms with van der Waals surface area (Å²) in [6.45, 7) is 0.780. The van der Waals surface area contributed by atoms with Crippen LogP contribution in [0.2, 0.25) is 5.02 Å². The minimum Gasteiger partial charge on any atom is -0.496 e. The zero-order valence-corrected chi connectivity index (χ0v) is 14.5. The third-order valence-corrected chi connectivity index (χ3v) is 4.69. The van der Waals surface area contributed by atoms with E-state index in [9.17, 15) is 14.5 Å². The first-order valence-corrected chi connectivity index (χ1v) is 8.35. The van der Waals surface area contributed by atoms with Crippen LogP contribution in [0.5, 0.6) is 5.75 Å². The molecule has 0 unspecified atom stereocenters. The lowest BCUT2D eigenvalue weighted by atomic mass is 10.1. The van der Waals surface area contributed by atoms with Gasteiger partial charge in [0.25, 0.3) is 5.69 Å². The zero-order valence-electron chi connectivity index (χ0n) is 13.7. The van der Waals surface area contributed by atoms with E-state index in [0.29, 0.717) is 41.0 Å². The Bertz CT molecular complexity index is 776. The Balaban J connectivity index is 1.88. The Kier molecular flexibility index (Phi) is 5.20. The van der Waals surface area contributed by atoms with Crippen molar-refractivity contribution in [3.05, 3.63) is 68.5 Å². The van der Waals surface area contributed by atoms with Gasteiger partial charge < -0.3 is 4.74 Å². The molecule has 25 heavy (non-hydrogen) atoms. The maximum absolute atomic E-state index is 14.1. The molecule has 0 aromatic heterocycles. The molecule has 1 fully saturated rings. The molecular formula is C18H18ClFN2O3. The summed E-state index contributed by atoms with van der Waals surface area (Å²) in [7, 11) is 1.53. The van der Waals surface area contributed by atoms with E-state index in [1.807, 2.05) is 0 Å². The second kappa shape index (κ2) is 7.37. The van der Waals surface area contributed by atoms with E-state index in [1.54, 1.807) is 18.2 Å². The van der Waals surface area contributed by atoms with E-state index in [0.717, 1.165) is 12.8 Å². The van der Waals surface area contributed by atoms with Gasteiger partial charge in [-0.2, -0.15) is 0 Å². The highest BCUT2D eigenvalue weighted by molar-refractivity contribution is 6.31. The molecule has 0 amide bonds. The van der Waals surface area contributed by atoms with Crippen molar-refractivity contribution in [2.45, 2.75) is 32.0 Å². The first-order chi connectivity index (χ1) is 12.0. The van der Waals surface area contributed by atoms with Crippen LogP contribution in [0.1, 0.15) is 24.0 Å². The number of halogens is 2. The molecule has 0 spiro atoms. The number of methoxy groups -OCH3 is 1. The summed E-state index contributed by atoms with van der Waals surface area (Å²) in [5.41, 5.74) is 1.16. The molecule has 0 bridgehead atoms. The normalized spacial score (nSPS) is 13.9. The summed E-state index contributed by atoms with van der Waals surface area (Å²) in [5.74, 6) is 0.236. The van der Waals surface area contributed by atoms with E-state index in [4.69, 9.17) is 16.3 Å². The summed E-state index contributed by atoms with van der Waals surface area (Å²) in [6, 6.07) is 9.47. The van der Waals surface area contributed by atoms with Crippen LogP contribution >= 0.6 is 11.6 Å². The van der Waals surface area contributed by atoms with Crippen LogP contribution in [-0.4, -0.2) is 23.0 Å². The minimum atomic E-state index is -0.432. The van der Waals surface area contributed by atoms with Crippen molar-refractivity contribution in [3.63, 3.8) is 0 Å².